The Hall–Kier alpha value is -0.390. The molecule has 0 atom stereocenters. The highest BCUT2D eigenvalue weighted by Gasteiger charge is 2.18. The monoisotopic (exact) mass is 431 g/mol. The molecule has 0 N–H and O–H groups in total. The molecule has 0 radical (unpaired) electrons. The zero-order valence-corrected chi connectivity index (χ0v) is 16.3. The third-order valence-electron chi connectivity index (χ3n) is 3.39. The summed E-state index contributed by atoms with van der Waals surface area (Å²) in [5.74, 6) is 0.843. The number of pyridine rings is 1. The molecular weight excluding hydrogens is 414 g/mol. The van der Waals surface area contributed by atoms with Crippen molar-refractivity contribution in [1.29, 1.82) is 0 Å². The molecule has 2 heterocycles. The van der Waals surface area contributed by atoms with Crippen LogP contribution in [-0.2, 0) is 6.42 Å². The Morgan fingerprint density at radius 3 is 2.57 bits per heavy atom. The van der Waals surface area contributed by atoms with E-state index >= 15 is 0 Å². The first-order chi connectivity index (χ1) is 10.2. The number of ether oxygens (including phenoxy) is 1. The Kier molecular flexibility index (Phi) is 6.71. The van der Waals surface area contributed by atoms with Gasteiger partial charge in [0.1, 0.15) is 3.79 Å². The normalized spacial score (nSPS) is 10.9. The van der Waals surface area contributed by atoms with E-state index < -0.39 is 0 Å². The van der Waals surface area contributed by atoms with Gasteiger partial charge in [-0.1, -0.05) is 32.3 Å². The van der Waals surface area contributed by atoms with Crippen molar-refractivity contribution in [2.45, 2.75) is 39.0 Å². The molecule has 0 spiro atoms. The smallest absolute Gasteiger partial charge is 0.154 e. The lowest BCUT2D eigenvalue weighted by atomic mass is 10.1. The minimum Gasteiger partial charge on any atom is -0.494 e. The van der Waals surface area contributed by atoms with Crippen LogP contribution >= 0.6 is 43.2 Å². The average molecular weight is 433 g/mol. The molecule has 0 bridgehead atoms. The molecule has 5 heteroatoms. The second-order valence-electron chi connectivity index (χ2n) is 4.92. The number of hydrogen-bond donors (Lipinski definition) is 0. The van der Waals surface area contributed by atoms with Gasteiger partial charge in [0.05, 0.1) is 22.2 Å². The van der Waals surface area contributed by atoms with Crippen LogP contribution in [0.5, 0.6) is 5.75 Å². The summed E-state index contributed by atoms with van der Waals surface area (Å²) in [6.45, 7) is 2.24. The summed E-state index contributed by atoms with van der Waals surface area (Å²) in [5.41, 5.74) is 3.27. The highest BCUT2D eigenvalue weighted by atomic mass is 79.9. The van der Waals surface area contributed by atoms with Gasteiger partial charge in [-0.2, -0.15) is 0 Å². The number of thiophene rings is 1. The van der Waals surface area contributed by atoms with E-state index in [2.05, 4.69) is 55.9 Å². The molecule has 0 amide bonds. The lowest BCUT2D eigenvalue weighted by Crippen LogP contribution is -1.91. The third-order valence-corrected chi connectivity index (χ3v) is 5.86. The molecule has 2 nitrogen and oxygen atoms in total. The first-order valence-corrected chi connectivity index (χ1v) is 9.54. The van der Waals surface area contributed by atoms with Gasteiger partial charge >= 0.3 is 0 Å². The molecule has 0 aliphatic heterocycles. The Labute approximate surface area is 147 Å². The van der Waals surface area contributed by atoms with E-state index in [4.69, 9.17) is 4.74 Å². The molecule has 2 aromatic rings. The molecular formula is C16H19Br2NOS. The molecule has 0 unspecified atom stereocenters. The van der Waals surface area contributed by atoms with Gasteiger partial charge in [-0.15, -0.1) is 11.3 Å². The maximum absolute atomic E-state index is 5.47. The van der Waals surface area contributed by atoms with Crippen LogP contribution in [0.3, 0.4) is 0 Å². The number of unbranched alkanes of at least 4 members (excludes halogenated alkanes) is 3. The van der Waals surface area contributed by atoms with Crippen molar-refractivity contribution in [1.82, 2.24) is 4.98 Å². The number of rotatable bonds is 7. The van der Waals surface area contributed by atoms with E-state index in [0.29, 0.717) is 0 Å². The van der Waals surface area contributed by atoms with Crippen molar-refractivity contribution in [3.8, 4) is 17.0 Å². The zero-order chi connectivity index (χ0) is 15.2. The summed E-state index contributed by atoms with van der Waals surface area (Å²) in [6, 6.07) is 4.25. The fourth-order valence-corrected chi connectivity index (χ4v) is 5.34. The number of aromatic nitrogens is 1. The minimum absolute atomic E-state index is 0.843. The van der Waals surface area contributed by atoms with Crippen LogP contribution in [-0.4, -0.2) is 12.1 Å². The highest BCUT2D eigenvalue weighted by molar-refractivity contribution is 9.12. The summed E-state index contributed by atoms with van der Waals surface area (Å²) in [7, 11) is 1.69. The van der Waals surface area contributed by atoms with Gasteiger partial charge in [0.15, 0.2) is 5.75 Å². The first-order valence-electron chi connectivity index (χ1n) is 7.14. The zero-order valence-electron chi connectivity index (χ0n) is 12.3. The van der Waals surface area contributed by atoms with Crippen molar-refractivity contribution in [2.24, 2.45) is 0 Å². The van der Waals surface area contributed by atoms with Gasteiger partial charge < -0.3 is 4.74 Å². The van der Waals surface area contributed by atoms with Crippen LogP contribution in [0.4, 0.5) is 0 Å². The minimum atomic E-state index is 0.843. The van der Waals surface area contributed by atoms with Crippen LogP contribution in [0.2, 0.25) is 0 Å². The molecule has 0 saturated carbocycles. The summed E-state index contributed by atoms with van der Waals surface area (Å²) in [5, 5.41) is 0. The summed E-state index contributed by atoms with van der Waals surface area (Å²) in [4.78, 5) is 4.61. The van der Waals surface area contributed by atoms with E-state index in [-0.39, 0.29) is 0 Å². The molecule has 21 heavy (non-hydrogen) atoms. The SMILES string of the molecule is CCCCCCc1ccc(-c2c(Br)sc(Br)c2OC)nc1. The van der Waals surface area contributed by atoms with E-state index in [1.165, 1.54) is 31.2 Å². The van der Waals surface area contributed by atoms with E-state index in [0.717, 1.165) is 31.0 Å². The number of hydrogen-bond acceptors (Lipinski definition) is 3. The molecule has 2 aromatic heterocycles. The summed E-state index contributed by atoms with van der Waals surface area (Å²) in [6.07, 6.45) is 8.23. The lowest BCUT2D eigenvalue weighted by Gasteiger charge is -2.06. The van der Waals surface area contributed by atoms with Gasteiger partial charge in [0, 0.05) is 6.20 Å². The number of aryl methyl sites for hydroxylation is 1. The predicted octanol–water partition coefficient (Wildman–Crippen LogP) is 6.47. The Morgan fingerprint density at radius 2 is 1.95 bits per heavy atom. The summed E-state index contributed by atoms with van der Waals surface area (Å²) < 4.78 is 7.49. The van der Waals surface area contributed by atoms with Crippen LogP contribution < -0.4 is 4.74 Å². The highest BCUT2D eigenvalue weighted by Crippen LogP contribution is 2.47. The summed E-state index contributed by atoms with van der Waals surface area (Å²) >= 11 is 8.72. The topological polar surface area (TPSA) is 22.1 Å². The second-order valence-corrected chi connectivity index (χ2v) is 8.58. The molecule has 2 rings (SSSR count). The van der Waals surface area contributed by atoms with Gasteiger partial charge in [-0.3, -0.25) is 4.98 Å². The lowest BCUT2D eigenvalue weighted by molar-refractivity contribution is 0.416. The van der Waals surface area contributed by atoms with Gasteiger partial charge in [0.25, 0.3) is 0 Å². The average Bonchev–Trinajstić information content (AvgIpc) is 2.78. The van der Waals surface area contributed by atoms with Crippen molar-refractivity contribution in [3.63, 3.8) is 0 Å². The van der Waals surface area contributed by atoms with Crippen LogP contribution in [0, 0.1) is 0 Å². The largest absolute Gasteiger partial charge is 0.494 e. The van der Waals surface area contributed by atoms with Crippen molar-refractivity contribution < 1.29 is 4.74 Å². The van der Waals surface area contributed by atoms with Crippen molar-refractivity contribution in [2.75, 3.05) is 7.11 Å². The van der Waals surface area contributed by atoms with E-state index in [9.17, 15) is 0 Å². The van der Waals surface area contributed by atoms with Crippen molar-refractivity contribution >= 4 is 43.2 Å². The molecule has 0 aliphatic carbocycles. The molecule has 0 fully saturated rings. The third kappa shape index (κ3) is 4.30. The Morgan fingerprint density at radius 1 is 1.14 bits per heavy atom. The molecule has 114 valence electrons. The standard InChI is InChI=1S/C16H19Br2NOS/c1-3-4-5-6-7-11-8-9-12(19-10-11)13-14(20-2)16(18)21-15(13)17/h8-10H,3-7H2,1-2H3. The Bertz CT molecular complexity index is 581. The number of nitrogens with zero attached hydrogens (tertiary/aromatic N) is 1. The fraction of sp³-hybridized carbons (Fsp3) is 0.438. The van der Waals surface area contributed by atoms with Crippen molar-refractivity contribution in [3.05, 3.63) is 31.5 Å². The Balaban J connectivity index is 2.12. The molecule has 0 saturated heterocycles. The van der Waals surface area contributed by atoms with Crippen LogP contribution in [0.1, 0.15) is 38.2 Å². The first kappa shape index (κ1) is 17.0. The fourth-order valence-electron chi connectivity index (χ4n) is 2.24. The van der Waals surface area contributed by atoms with Gasteiger partial charge in [0.2, 0.25) is 0 Å². The van der Waals surface area contributed by atoms with Gasteiger partial charge in [-0.25, -0.2) is 0 Å². The molecule has 0 aliphatic rings. The number of methoxy groups -OCH3 is 1. The molecule has 0 aromatic carbocycles. The second kappa shape index (κ2) is 8.30. The quantitative estimate of drug-likeness (QED) is 0.468. The van der Waals surface area contributed by atoms with Gasteiger partial charge in [-0.05, 0) is 56.3 Å². The predicted molar refractivity (Wildman–Crippen MR) is 97.3 cm³/mol. The maximum atomic E-state index is 5.47. The van der Waals surface area contributed by atoms with Crippen LogP contribution in [0.15, 0.2) is 25.9 Å². The van der Waals surface area contributed by atoms with Crippen LogP contribution in [0.25, 0.3) is 11.3 Å². The van der Waals surface area contributed by atoms with E-state index in [1.54, 1.807) is 18.4 Å². The maximum Gasteiger partial charge on any atom is 0.154 e. The number of halogens is 2. The van der Waals surface area contributed by atoms with E-state index in [1.807, 2.05) is 6.20 Å².